The van der Waals surface area contributed by atoms with Gasteiger partial charge in [-0.2, -0.15) is 0 Å². The van der Waals surface area contributed by atoms with Gasteiger partial charge in [-0.3, -0.25) is 0 Å². The van der Waals surface area contributed by atoms with Gasteiger partial charge in [-0.05, 0) is 26.8 Å². The molecule has 0 aliphatic carbocycles. The SMILES string of the molecule is CCC(NC)C(C)(O)CC. The van der Waals surface area contributed by atoms with E-state index in [1.165, 1.54) is 0 Å². The van der Waals surface area contributed by atoms with Crippen LogP contribution >= 0.6 is 0 Å². The molecule has 0 aromatic rings. The second-order valence-corrected chi connectivity index (χ2v) is 2.96. The van der Waals surface area contributed by atoms with Gasteiger partial charge in [-0.25, -0.2) is 0 Å². The Labute approximate surface area is 63.6 Å². The van der Waals surface area contributed by atoms with E-state index in [1.807, 2.05) is 20.9 Å². The fourth-order valence-electron chi connectivity index (χ4n) is 1.20. The van der Waals surface area contributed by atoms with Crippen LogP contribution in [0, 0.1) is 0 Å². The summed E-state index contributed by atoms with van der Waals surface area (Å²) in [5, 5.41) is 12.8. The molecular weight excluding hydrogens is 126 g/mol. The third kappa shape index (κ3) is 2.27. The normalized spacial score (nSPS) is 20.1. The molecule has 0 amide bonds. The molecule has 2 nitrogen and oxygen atoms in total. The number of rotatable bonds is 4. The highest BCUT2D eigenvalue weighted by molar-refractivity contribution is 4.84. The minimum absolute atomic E-state index is 0.220. The highest BCUT2D eigenvalue weighted by atomic mass is 16.3. The van der Waals surface area contributed by atoms with Crippen LogP contribution in [0.2, 0.25) is 0 Å². The molecule has 0 aliphatic heterocycles. The van der Waals surface area contributed by atoms with Crippen molar-refractivity contribution in [3.8, 4) is 0 Å². The van der Waals surface area contributed by atoms with Crippen LogP contribution in [0.4, 0.5) is 0 Å². The van der Waals surface area contributed by atoms with E-state index in [9.17, 15) is 5.11 Å². The van der Waals surface area contributed by atoms with Gasteiger partial charge in [0, 0.05) is 6.04 Å². The molecule has 0 aromatic heterocycles. The molecule has 0 saturated heterocycles. The zero-order valence-electron chi connectivity index (χ0n) is 7.44. The standard InChI is InChI=1S/C8H19NO/c1-5-7(9-4)8(3,10)6-2/h7,9-10H,5-6H2,1-4H3. The monoisotopic (exact) mass is 145 g/mol. The van der Waals surface area contributed by atoms with Crippen molar-refractivity contribution >= 4 is 0 Å². The Morgan fingerprint density at radius 2 is 2.00 bits per heavy atom. The fraction of sp³-hybridized carbons (Fsp3) is 1.00. The van der Waals surface area contributed by atoms with Crippen LogP contribution in [0.3, 0.4) is 0 Å². The summed E-state index contributed by atoms with van der Waals surface area (Å²) in [7, 11) is 1.89. The minimum Gasteiger partial charge on any atom is -0.389 e. The zero-order chi connectivity index (χ0) is 8.20. The van der Waals surface area contributed by atoms with Gasteiger partial charge in [-0.1, -0.05) is 13.8 Å². The van der Waals surface area contributed by atoms with Crippen molar-refractivity contribution < 1.29 is 5.11 Å². The van der Waals surface area contributed by atoms with Crippen LogP contribution in [-0.2, 0) is 0 Å². The maximum absolute atomic E-state index is 9.72. The molecule has 0 heterocycles. The molecule has 0 spiro atoms. The lowest BCUT2D eigenvalue weighted by atomic mass is 9.92. The number of likely N-dealkylation sites (N-methyl/N-ethyl adjacent to an activating group) is 1. The minimum atomic E-state index is -0.552. The Kier molecular flexibility index (Phi) is 3.91. The molecule has 62 valence electrons. The molecule has 0 fully saturated rings. The van der Waals surface area contributed by atoms with Crippen LogP contribution in [0.25, 0.3) is 0 Å². The lowest BCUT2D eigenvalue weighted by Gasteiger charge is -2.30. The van der Waals surface area contributed by atoms with Crippen molar-refractivity contribution in [2.75, 3.05) is 7.05 Å². The lowest BCUT2D eigenvalue weighted by molar-refractivity contribution is 0.0170. The summed E-state index contributed by atoms with van der Waals surface area (Å²) in [5.41, 5.74) is -0.552. The molecule has 2 atom stereocenters. The Hall–Kier alpha value is -0.0800. The predicted octanol–water partition coefficient (Wildman–Crippen LogP) is 1.15. The van der Waals surface area contributed by atoms with Crippen LogP contribution in [-0.4, -0.2) is 23.8 Å². The Morgan fingerprint density at radius 3 is 2.10 bits per heavy atom. The first-order valence-electron chi connectivity index (χ1n) is 3.98. The van der Waals surface area contributed by atoms with Gasteiger partial charge >= 0.3 is 0 Å². The number of nitrogens with one attached hydrogen (secondary N) is 1. The van der Waals surface area contributed by atoms with Gasteiger partial charge in [0.05, 0.1) is 5.60 Å². The van der Waals surface area contributed by atoms with E-state index in [0.717, 1.165) is 12.8 Å². The molecular formula is C8H19NO. The first-order valence-corrected chi connectivity index (χ1v) is 3.98. The van der Waals surface area contributed by atoms with Gasteiger partial charge in [0.25, 0.3) is 0 Å². The molecule has 0 aromatic carbocycles. The number of hydrogen-bond acceptors (Lipinski definition) is 2. The second kappa shape index (κ2) is 3.94. The summed E-state index contributed by atoms with van der Waals surface area (Å²) < 4.78 is 0. The highest BCUT2D eigenvalue weighted by Crippen LogP contribution is 2.15. The summed E-state index contributed by atoms with van der Waals surface area (Å²) in [4.78, 5) is 0. The number of aliphatic hydroxyl groups is 1. The van der Waals surface area contributed by atoms with Crippen LogP contribution in [0.15, 0.2) is 0 Å². The summed E-state index contributed by atoms with van der Waals surface area (Å²) in [5.74, 6) is 0. The first kappa shape index (κ1) is 9.92. The van der Waals surface area contributed by atoms with Gasteiger partial charge in [0.2, 0.25) is 0 Å². The van der Waals surface area contributed by atoms with Gasteiger partial charge < -0.3 is 10.4 Å². The summed E-state index contributed by atoms with van der Waals surface area (Å²) >= 11 is 0. The Balaban J connectivity index is 3.97. The van der Waals surface area contributed by atoms with Gasteiger partial charge in [-0.15, -0.1) is 0 Å². The summed E-state index contributed by atoms with van der Waals surface area (Å²) in [6.07, 6.45) is 1.77. The van der Waals surface area contributed by atoms with E-state index in [1.54, 1.807) is 0 Å². The average Bonchev–Trinajstić information content (AvgIpc) is 1.90. The van der Waals surface area contributed by atoms with E-state index in [4.69, 9.17) is 0 Å². The Morgan fingerprint density at radius 1 is 1.50 bits per heavy atom. The second-order valence-electron chi connectivity index (χ2n) is 2.96. The maximum Gasteiger partial charge on any atom is 0.0769 e. The van der Waals surface area contributed by atoms with Crippen molar-refractivity contribution in [2.45, 2.75) is 45.3 Å². The molecule has 0 bridgehead atoms. The lowest BCUT2D eigenvalue weighted by Crippen LogP contribution is -2.46. The summed E-state index contributed by atoms with van der Waals surface area (Å²) in [6, 6.07) is 0.220. The van der Waals surface area contributed by atoms with Crippen molar-refractivity contribution in [1.29, 1.82) is 0 Å². The third-order valence-corrected chi connectivity index (χ3v) is 2.22. The molecule has 2 heteroatoms. The average molecular weight is 145 g/mol. The van der Waals surface area contributed by atoms with Crippen molar-refractivity contribution in [2.24, 2.45) is 0 Å². The van der Waals surface area contributed by atoms with E-state index in [0.29, 0.717) is 0 Å². The molecule has 0 radical (unpaired) electrons. The van der Waals surface area contributed by atoms with Crippen LogP contribution in [0.5, 0.6) is 0 Å². The largest absolute Gasteiger partial charge is 0.389 e. The van der Waals surface area contributed by atoms with Gasteiger partial charge in [0.15, 0.2) is 0 Å². The van der Waals surface area contributed by atoms with Crippen molar-refractivity contribution in [3.05, 3.63) is 0 Å². The third-order valence-electron chi connectivity index (χ3n) is 2.22. The smallest absolute Gasteiger partial charge is 0.0769 e. The van der Waals surface area contributed by atoms with Gasteiger partial charge in [0.1, 0.15) is 0 Å². The molecule has 2 N–H and O–H groups in total. The quantitative estimate of drug-likeness (QED) is 0.622. The molecule has 10 heavy (non-hydrogen) atoms. The molecule has 2 unspecified atom stereocenters. The maximum atomic E-state index is 9.72. The highest BCUT2D eigenvalue weighted by Gasteiger charge is 2.26. The zero-order valence-corrected chi connectivity index (χ0v) is 7.44. The van der Waals surface area contributed by atoms with Crippen molar-refractivity contribution in [1.82, 2.24) is 5.32 Å². The summed E-state index contributed by atoms with van der Waals surface area (Å²) in [6.45, 7) is 5.95. The van der Waals surface area contributed by atoms with Crippen LogP contribution in [0.1, 0.15) is 33.6 Å². The first-order chi connectivity index (χ1) is 4.58. The van der Waals surface area contributed by atoms with E-state index in [-0.39, 0.29) is 6.04 Å². The number of hydrogen-bond donors (Lipinski definition) is 2. The van der Waals surface area contributed by atoms with Crippen molar-refractivity contribution in [3.63, 3.8) is 0 Å². The Bertz CT molecular complexity index is 87.3. The fourth-order valence-corrected chi connectivity index (χ4v) is 1.20. The predicted molar refractivity (Wildman–Crippen MR) is 44.1 cm³/mol. The van der Waals surface area contributed by atoms with E-state index < -0.39 is 5.60 Å². The topological polar surface area (TPSA) is 32.3 Å². The molecule has 0 saturated carbocycles. The molecule has 0 rings (SSSR count). The molecule has 0 aliphatic rings. The van der Waals surface area contributed by atoms with E-state index in [2.05, 4.69) is 12.2 Å². The van der Waals surface area contributed by atoms with Crippen LogP contribution < -0.4 is 5.32 Å². The van der Waals surface area contributed by atoms with E-state index >= 15 is 0 Å².